The third-order valence-electron chi connectivity index (χ3n) is 5.64. The van der Waals surface area contributed by atoms with Gasteiger partial charge in [0.15, 0.2) is 0 Å². The molecule has 0 bridgehead atoms. The van der Waals surface area contributed by atoms with Gasteiger partial charge in [0.1, 0.15) is 0 Å². The van der Waals surface area contributed by atoms with Gasteiger partial charge in [-0.15, -0.1) is 0 Å². The highest BCUT2D eigenvalue weighted by molar-refractivity contribution is 6.30. The molecular formula is C20H29ClN4O2. The summed E-state index contributed by atoms with van der Waals surface area (Å²) in [6, 6.07) is 7.89. The number of nitrogens with zero attached hydrogens (tertiary/aromatic N) is 4. The van der Waals surface area contributed by atoms with Crippen molar-refractivity contribution in [3.8, 4) is 0 Å². The van der Waals surface area contributed by atoms with Crippen LogP contribution in [0.25, 0.3) is 0 Å². The van der Waals surface area contributed by atoms with Crippen LogP contribution in [-0.2, 0) is 16.1 Å². The molecule has 148 valence electrons. The minimum atomic E-state index is -0.109. The van der Waals surface area contributed by atoms with E-state index in [2.05, 4.69) is 15.9 Å². The van der Waals surface area contributed by atoms with Gasteiger partial charge in [-0.25, -0.2) is 0 Å². The summed E-state index contributed by atoms with van der Waals surface area (Å²) in [5.74, 6) is 0.271. The van der Waals surface area contributed by atoms with Crippen LogP contribution in [0.1, 0.15) is 19.4 Å². The normalized spacial score (nSPS) is 20.6. The molecule has 2 fully saturated rings. The highest BCUT2D eigenvalue weighted by Crippen LogP contribution is 2.16. The molecule has 2 aliphatic rings. The van der Waals surface area contributed by atoms with Crippen LogP contribution in [0.15, 0.2) is 24.3 Å². The van der Waals surface area contributed by atoms with Crippen molar-refractivity contribution in [2.24, 2.45) is 0 Å². The van der Waals surface area contributed by atoms with Gasteiger partial charge >= 0.3 is 0 Å². The van der Waals surface area contributed by atoms with E-state index in [-0.39, 0.29) is 17.9 Å². The monoisotopic (exact) mass is 392 g/mol. The van der Waals surface area contributed by atoms with Crippen molar-refractivity contribution >= 4 is 23.4 Å². The molecule has 0 saturated carbocycles. The summed E-state index contributed by atoms with van der Waals surface area (Å²) in [7, 11) is 0. The maximum Gasteiger partial charge on any atom is 0.239 e. The van der Waals surface area contributed by atoms with Crippen molar-refractivity contribution in [3.63, 3.8) is 0 Å². The molecule has 2 amide bonds. The molecule has 7 heteroatoms. The Morgan fingerprint density at radius 1 is 1.00 bits per heavy atom. The Labute approximate surface area is 166 Å². The average Bonchev–Trinajstić information content (AvgIpc) is 2.67. The van der Waals surface area contributed by atoms with Crippen molar-refractivity contribution in [1.29, 1.82) is 0 Å². The Morgan fingerprint density at radius 3 is 2.22 bits per heavy atom. The number of carbonyl (C=O) groups excluding carboxylic acids is 2. The van der Waals surface area contributed by atoms with Crippen LogP contribution in [0.4, 0.5) is 0 Å². The van der Waals surface area contributed by atoms with Crippen LogP contribution in [0.2, 0.25) is 5.02 Å². The predicted molar refractivity (Wildman–Crippen MR) is 107 cm³/mol. The third-order valence-corrected chi connectivity index (χ3v) is 5.88. The first-order valence-corrected chi connectivity index (χ1v) is 10.1. The lowest BCUT2D eigenvalue weighted by Gasteiger charge is -2.41. The number of amides is 2. The second-order valence-electron chi connectivity index (χ2n) is 7.45. The first-order valence-electron chi connectivity index (χ1n) is 9.69. The van der Waals surface area contributed by atoms with E-state index in [0.29, 0.717) is 26.2 Å². The fourth-order valence-corrected chi connectivity index (χ4v) is 4.08. The number of halogens is 1. The van der Waals surface area contributed by atoms with E-state index in [0.717, 1.165) is 37.7 Å². The first kappa shape index (κ1) is 20.1. The van der Waals surface area contributed by atoms with E-state index >= 15 is 0 Å². The topological polar surface area (TPSA) is 47.1 Å². The van der Waals surface area contributed by atoms with Crippen molar-refractivity contribution in [1.82, 2.24) is 19.6 Å². The van der Waals surface area contributed by atoms with Crippen LogP contribution in [0.5, 0.6) is 0 Å². The molecule has 1 unspecified atom stereocenters. The molecule has 6 nitrogen and oxygen atoms in total. The molecule has 0 radical (unpaired) electrons. The van der Waals surface area contributed by atoms with E-state index < -0.39 is 0 Å². The van der Waals surface area contributed by atoms with E-state index in [1.807, 2.05) is 34.9 Å². The highest BCUT2D eigenvalue weighted by atomic mass is 35.5. The molecular weight excluding hydrogens is 364 g/mol. The largest absolute Gasteiger partial charge is 0.339 e. The van der Waals surface area contributed by atoms with Gasteiger partial charge in [0.25, 0.3) is 0 Å². The minimum absolute atomic E-state index is 0.0889. The van der Waals surface area contributed by atoms with Gasteiger partial charge in [-0.2, -0.15) is 0 Å². The molecule has 2 saturated heterocycles. The van der Waals surface area contributed by atoms with Crippen LogP contribution in [0, 0.1) is 0 Å². The zero-order valence-corrected chi connectivity index (χ0v) is 17.0. The average molecular weight is 393 g/mol. The quantitative estimate of drug-likeness (QED) is 0.779. The number of benzene rings is 1. The summed E-state index contributed by atoms with van der Waals surface area (Å²) in [5.41, 5.74) is 1.23. The highest BCUT2D eigenvalue weighted by Gasteiger charge is 2.30. The molecule has 0 aromatic heterocycles. The lowest BCUT2D eigenvalue weighted by Crippen LogP contribution is -2.57. The summed E-state index contributed by atoms with van der Waals surface area (Å²) in [6.07, 6.45) is 0. The van der Waals surface area contributed by atoms with Crippen LogP contribution < -0.4 is 0 Å². The van der Waals surface area contributed by atoms with Gasteiger partial charge < -0.3 is 9.80 Å². The SMILES string of the molecule is CC(=O)N1CCN(C(=O)C(C)N2CCN(Cc3cccc(Cl)c3)CC2)CC1. The first-order chi connectivity index (χ1) is 12.9. The second kappa shape index (κ2) is 9.04. The standard InChI is InChI=1S/C20H29ClN4O2/c1-16(20(27)25-12-10-24(11-13-25)17(2)26)23-8-6-22(7-9-23)15-18-4-3-5-19(21)14-18/h3-5,14,16H,6-13,15H2,1-2H3. The smallest absolute Gasteiger partial charge is 0.239 e. The molecule has 1 aromatic rings. The third kappa shape index (κ3) is 5.21. The van der Waals surface area contributed by atoms with Crippen molar-refractivity contribution in [2.45, 2.75) is 26.4 Å². The maximum absolute atomic E-state index is 12.8. The van der Waals surface area contributed by atoms with Gasteiger partial charge in [-0.05, 0) is 24.6 Å². The summed E-state index contributed by atoms with van der Waals surface area (Å²) in [6.45, 7) is 10.7. The summed E-state index contributed by atoms with van der Waals surface area (Å²) < 4.78 is 0. The Bertz CT molecular complexity index is 668. The molecule has 1 atom stereocenters. The number of hydrogen-bond donors (Lipinski definition) is 0. The van der Waals surface area contributed by atoms with Crippen molar-refractivity contribution < 1.29 is 9.59 Å². The fourth-order valence-electron chi connectivity index (χ4n) is 3.86. The molecule has 1 aromatic carbocycles. The van der Waals surface area contributed by atoms with E-state index in [9.17, 15) is 9.59 Å². The second-order valence-corrected chi connectivity index (χ2v) is 7.89. The van der Waals surface area contributed by atoms with Crippen molar-refractivity contribution in [3.05, 3.63) is 34.9 Å². The van der Waals surface area contributed by atoms with E-state index in [1.165, 1.54) is 5.56 Å². The van der Waals surface area contributed by atoms with E-state index in [4.69, 9.17) is 11.6 Å². The van der Waals surface area contributed by atoms with Gasteiger partial charge in [0, 0.05) is 70.8 Å². The zero-order chi connectivity index (χ0) is 19.4. The lowest BCUT2D eigenvalue weighted by atomic mass is 10.1. The molecule has 0 spiro atoms. The number of piperazine rings is 2. The Balaban J connectivity index is 1.46. The van der Waals surface area contributed by atoms with Crippen molar-refractivity contribution in [2.75, 3.05) is 52.4 Å². The van der Waals surface area contributed by atoms with Gasteiger partial charge in [-0.1, -0.05) is 23.7 Å². The minimum Gasteiger partial charge on any atom is -0.339 e. The lowest BCUT2D eigenvalue weighted by molar-refractivity contribution is -0.142. The molecule has 27 heavy (non-hydrogen) atoms. The number of hydrogen-bond acceptors (Lipinski definition) is 4. The summed E-state index contributed by atoms with van der Waals surface area (Å²) in [5, 5.41) is 0.773. The molecule has 2 heterocycles. The number of rotatable bonds is 4. The maximum atomic E-state index is 12.8. The van der Waals surface area contributed by atoms with Gasteiger partial charge in [0.2, 0.25) is 11.8 Å². The van der Waals surface area contributed by atoms with Gasteiger partial charge in [0.05, 0.1) is 6.04 Å². The molecule has 2 aliphatic heterocycles. The molecule has 3 rings (SSSR count). The summed E-state index contributed by atoms with van der Waals surface area (Å²) in [4.78, 5) is 32.7. The number of carbonyl (C=O) groups is 2. The Hall–Kier alpha value is -1.63. The van der Waals surface area contributed by atoms with Crippen LogP contribution >= 0.6 is 11.6 Å². The molecule has 0 N–H and O–H groups in total. The fraction of sp³-hybridized carbons (Fsp3) is 0.600. The zero-order valence-electron chi connectivity index (χ0n) is 16.2. The molecule has 0 aliphatic carbocycles. The summed E-state index contributed by atoms with van der Waals surface area (Å²) >= 11 is 6.07. The predicted octanol–water partition coefficient (Wildman–Crippen LogP) is 1.54. The van der Waals surface area contributed by atoms with E-state index in [1.54, 1.807) is 6.92 Å². The van der Waals surface area contributed by atoms with Crippen LogP contribution in [-0.4, -0.2) is 89.8 Å². The Kier molecular flexibility index (Phi) is 6.73. The van der Waals surface area contributed by atoms with Crippen LogP contribution in [0.3, 0.4) is 0 Å². The van der Waals surface area contributed by atoms with Gasteiger partial charge in [-0.3, -0.25) is 19.4 Å². The Morgan fingerprint density at radius 2 is 1.63 bits per heavy atom.